The van der Waals surface area contributed by atoms with Crippen molar-refractivity contribution in [3.63, 3.8) is 0 Å². The Kier molecular flexibility index (Phi) is 4.55. The van der Waals surface area contributed by atoms with Gasteiger partial charge in [0, 0.05) is 24.5 Å². The highest BCUT2D eigenvalue weighted by molar-refractivity contribution is 7.99. The molecule has 0 bridgehead atoms. The summed E-state index contributed by atoms with van der Waals surface area (Å²) in [7, 11) is 0. The van der Waals surface area contributed by atoms with E-state index in [2.05, 4.69) is 15.5 Å². The van der Waals surface area contributed by atoms with E-state index in [-0.39, 0.29) is 6.04 Å². The normalized spacial score (nSPS) is 18.9. The largest absolute Gasteiger partial charge is 0.493 e. The van der Waals surface area contributed by atoms with Gasteiger partial charge in [-0.05, 0) is 12.1 Å². The summed E-state index contributed by atoms with van der Waals surface area (Å²) in [4.78, 5) is 4.43. The number of ether oxygens (including phenoxy) is 1. The fraction of sp³-hybridized carbons (Fsp3) is 0.429. The summed E-state index contributed by atoms with van der Waals surface area (Å²) in [5.41, 5.74) is 0. The van der Waals surface area contributed by atoms with E-state index in [1.54, 1.807) is 0 Å². The molecular formula is C14H17N3O2S. The van der Waals surface area contributed by atoms with Crippen molar-refractivity contribution in [2.45, 2.75) is 12.5 Å². The lowest BCUT2D eigenvalue weighted by Crippen LogP contribution is -2.30. The van der Waals surface area contributed by atoms with Crippen molar-refractivity contribution < 1.29 is 9.26 Å². The third kappa shape index (κ3) is 3.52. The average Bonchev–Trinajstić information content (AvgIpc) is 2.98. The summed E-state index contributed by atoms with van der Waals surface area (Å²) < 4.78 is 10.9. The van der Waals surface area contributed by atoms with Gasteiger partial charge < -0.3 is 14.6 Å². The maximum absolute atomic E-state index is 5.62. The van der Waals surface area contributed by atoms with Crippen molar-refractivity contribution in [1.82, 2.24) is 15.5 Å². The third-order valence-electron chi connectivity index (χ3n) is 3.04. The number of para-hydroxylation sites is 1. The van der Waals surface area contributed by atoms with Gasteiger partial charge in [-0.1, -0.05) is 23.4 Å². The molecule has 106 valence electrons. The summed E-state index contributed by atoms with van der Waals surface area (Å²) in [5, 5.41) is 7.39. The molecular weight excluding hydrogens is 274 g/mol. The molecule has 1 saturated heterocycles. The molecule has 5 nitrogen and oxygen atoms in total. The smallest absolute Gasteiger partial charge is 0.244 e. The lowest BCUT2D eigenvalue weighted by molar-refractivity contribution is 0.311. The van der Waals surface area contributed by atoms with Crippen LogP contribution in [0, 0.1) is 0 Å². The van der Waals surface area contributed by atoms with Crippen molar-refractivity contribution in [1.29, 1.82) is 0 Å². The van der Waals surface area contributed by atoms with Crippen LogP contribution >= 0.6 is 11.8 Å². The molecule has 1 N–H and O–H groups in total. The second kappa shape index (κ2) is 6.76. The monoisotopic (exact) mass is 291 g/mol. The zero-order chi connectivity index (χ0) is 13.6. The molecule has 1 fully saturated rings. The van der Waals surface area contributed by atoms with Gasteiger partial charge in [-0.15, -0.1) is 0 Å². The Balaban J connectivity index is 1.50. The Hall–Kier alpha value is -1.53. The summed E-state index contributed by atoms with van der Waals surface area (Å²) in [6.07, 6.45) is 0.651. The minimum Gasteiger partial charge on any atom is -0.493 e. The minimum atomic E-state index is 0.185. The van der Waals surface area contributed by atoms with E-state index < -0.39 is 0 Å². The first-order chi connectivity index (χ1) is 9.92. The quantitative estimate of drug-likeness (QED) is 0.910. The minimum absolute atomic E-state index is 0.185. The van der Waals surface area contributed by atoms with Gasteiger partial charge in [0.15, 0.2) is 5.82 Å². The molecule has 20 heavy (non-hydrogen) atoms. The second-order valence-corrected chi connectivity index (χ2v) is 5.69. The Morgan fingerprint density at radius 1 is 1.35 bits per heavy atom. The Morgan fingerprint density at radius 3 is 3.05 bits per heavy atom. The van der Waals surface area contributed by atoms with Crippen LogP contribution in [0.5, 0.6) is 5.75 Å². The number of nitrogens with zero attached hydrogens (tertiary/aromatic N) is 2. The number of nitrogens with one attached hydrogen (secondary N) is 1. The first-order valence-corrected chi connectivity index (χ1v) is 7.89. The molecule has 2 heterocycles. The van der Waals surface area contributed by atoms with Crippen LogP contribution in [0.2, 0.25) is 0 Å². The molecule has 0 saturated carbocycles. The van der Waals surface area contributed by atoms with Crippen molar-refractivity contribution >= 4 is 11.8 Å². The molecule has 2 aromatic rings. The van der Waals surface area contributed by atoms with Crippen molar-refractivity contribution in [3.05, 3.63) is 42.0 Å². The molecule has 1 aliphatic rings. The number of rotatable bonds is 5. The van der Waals surface area contributed by atoms with Gasteiger partial charge in [0.1, 0.15) is 5.75 Å². The fourth-order valence-electron chi connectivity index (χ4n) is 2.01. The van der Waals surface area contributed by atoms with Gasteiger partial charge in [-0.3, -0.25) is 0 Å². The third-order valence-corrected chi connectivity index (χ3v) is 4.10. The van der Waals surface area contributed by atoms with Gasteiger partial charge >= 0.3 is 0 Å². The van der Waals surface area contributed by atoms with Crippen LogP contribution < -0.4 is 10.1 Å². The molecule has 3 rings (SSSR count). The van der Waals surface area contributed by atoms with E-state index in [0.29, 0.717) is 24.7 Å². The lowest BCUT2D eigenvalue weighted by Gasteiger charge is -2.19. The number of hydrogen-bond acceptors (Lipinski definition) is 6. The average molecular weight is 291 g/mol. The first-order valence-electron chi connectivity index (χ1n) is 6.73. The van der Waals surface area contributed by atoms with Gasteiger partial charge in [0.05, 0.1) is 12.6 Å². The van der Waals surface area contributed by atoms with Crippen LogP contribution in [0.15, 0.2) is 34.9 Å². The van der Waals surface area contributed by atoms with Crippen LogP contribution in [0.25, 0.3) is 0 Å². The Bertz CT molecular complexity index is 526. The highest BCUT2D eigenvalue weighted by atomic mass is 32.2. The molecule has 6 heteroatoms. The SMILES string of the molecule is c1ccc(OCCc2noc(C3CSCCN3)n2)cc1. The Morgan fingerprint density at radius 2 is 2.25 bits per heavy atom. The van der Waals surface area contributed by atoms with Crippen LogP contribution in [-0.2, 0) is 6.42 Å². The van der Waals surface area contributed by atoms with Crippen LogP contribution in [0.1, 0.15) is 17.8 Å². The molecule has 0 spiro atoms. The van der Waals surface area contributed by atoms with Crippen molar-refractivity contribution in [2.75, 3.05) is 24.7 Å². The highest BCUT2D eigenvalue weighted by Gasteiger charge is 2.21. The zero-order valence-electron chi connectivity index (χ0n) is 11.1. The molecule has 0 aliphatic carbocycles. The predicted molar refractivity (Wildman–Crippen MR) is 78.0 cm³/mol. The summed E-state index contributed by atoms with van der Waals surface area (Å²) in [6.45, 7) is 1.54. The van der Waals surface area contributed by atoms with Gasteiger partial charge in [0.25, 0.3) is 0 Å². The first kappa shape index (κ1) is 13.5. The van der Waals surface area contributed by atoms with Crippen molar-refractivity contribution in [3.8, 4) is 5.75 Å². The molecule has 1 aromatic heterocycles. The molecule has 0 radical (unpaired) electrons. The fourth-order valence-corrected chi connectivity index (χ4v) is 2.94. The van der Waals surface area contributed by atoms with Gasteiger partial charge in [-0.2, -0.15) is 16.7 Å². The maximum atomic E-state index is 5.62. The molecule has 1 aromatic carbocycles. The topological polar surface area (TPSA) is 60.2 Å². The van der Waals surface area contributed by atoms with Crippen molar-refractivity contribution in [2.24, 2.45) is 0 Å². The van der Waals surface area contributed by atoms with E-state index in [1.165, 1.54) is 0 Å². The number of thioether (sulfide) groups is 1. The Labute approximate surface area is 122 Å². The summed E-state index contributed by atoms with van der Waals surface area (Å²) in [5.74, 6) is 4.38. The molecule has 1 unspecified atom stereocenters. The lowest BCUT2D eigenvalue weighted by atomic mass is 10.3. The standard InChI is InChI=1S/C14H17N3O2S/c1-2-4-11(5-3-1)18-8-6-13-16-14(19-17-13)12-10-20-9-7-15-12/h1-5,12,15H,6-10H2. The predicted octanol–water partition coefficient (Wildman–Crippen LogP) is 2.07. The van der Waals surface area contributed by atoms with Crippen LogP contribution in [0.4, 0.5) is 0 Å². The zero-order valence-corrected chi connectivity index (χ0v) is 11.9. The molecule has 1 atom stereocenters. The van der Waals surface area contributed by atoms with E-state index in [4.69, 9.17) is 9.26 Å². The van der Waals surface area contributed by atoms with E-state index in [0.717, 1.165) is 23.8 Å². The van der Waals surface area contributed by atoms with Crippen LogP contribution in [-0.4, -0.2) is 34.8 Å². The highest BCUT2D eigenvalue weighted by Crippen LogP contribution is 2.20. The summed E-state index contributed by atoms with van der Waals surface area (Å²) in [6, 6.07) is 9.93. The van der Waals surface area contributed by atoms with E-state index in [1.807, 2.05) is 42.1 Å². The van der Waals surface area contributed by atoms with E-state index in [9.17, 15) is 0 Å². The number of hydrogen-bond donors (Lipinski definition) is 1. The van der Waals surface area contributed by atoms with Gasteiger partial charge in [-0.25, -0.2) is 0 Å². The maximum Gasteiger partial charge on any atom is 0.244 e. The molecule has 1 aliphatic heterocycles. The molecule has 0 amide bonds. The number of benzene rings is 1. The van der Waals surface area contributed by atoms with Crippen LogP contribution in [0.3, 0.4) is 0 Å². The second-order valence-electron chi connectivity index (χ2n) is 4.54. The number of aromatic nitrogens is 2. The van der Waals surface area contributed by atoms with E-state index >= 15 is 0 Å². The summed E-state index contributed by atoms with van der Waals surface area (Å²) >= 11 is 1.91. The van der Waals surface area contributed by atoms with Gasteiger partial charge in [0.2, 0.25) is 5.89 Å².